The van der Waals surface area contributed by atoms with Gasteiger partial charge in [-0.1, -0.05) is 18.5 Å². The number of nitrogens with zero attached hydrogens (tertiary/aromatic N) is 2. The fourth-order valence-corrected chi connectivity index (χ4v) is 2.03. The molecular weight excluding hydrogens is 216 g/mol. The Hall–Kier alpha value is -0.930. The molecule has 0 bridgehead atoms. The lowest BCUT2D eigenvalue weighted by molar-refractivity contribution is 0.944. The van der Waals surface area contributed by atoms with Gasteiger partial charge in [-0.3, -0.25) is 0 Å². The smallest absolute Gasteiger partial charge is 0.133 e. The lowest BCUT2D eigenvalue weighted by Crippen LogP contribution is -1.94. The van der Waals surface area contributed by atoms with Gasteiger partial charge in [0.15, 0.2) is 0 Å². The van der Waals surface area contributed by atoms with Crippen LogP contribution in [0.4, 0.5) is 0 Å². The molecule has 2 rings (SSSR count). The topological polar surface area (TPSA) is 25.8 Å². The average Bonchev–Trinajstić information content (AvgIpc) is 2.69. The number of thiophene rings is 1. The number of aryl methyl sites for hydroxylation is 1. The van der Waals surface area contributed by atoms with Crippen LogP contribution in [0.3, 0.4) is 0 Å². The Labute approximate surface area is 91.6 Å². The summed E-state index contributed by atoms with van der Waals surface area (Å²) in [6.07, 6.45) is 0.803. The normalized spacial score (nSPS) is 10.4. The van der Waals surface area contributed by atoms with Crippen LogP contribution in [0.15, 0.2) is 22.9 Å². The minimum absolute atomic E-state index is 0.512. The number of aromatic nitrogens is 2. The van der Waals surface area contributed by atoms with Crippen LogP contribution >= 0.6 is 22.9 Å². The largest absolute Gasteiger partial charge is 0.233 e. The Balaban J connectivity index is 2.48. The molecule has 2 heterocycles. The number of rotatable bonds is 2. The van der Waals surface area contributed by atoms with Crippen LogP contribution in [-0.2, 0) is 6.42 Å². The van der Waals surface area contributed by atoms with Crippen LogP contribution in [0.1, 0.15) is 12.7 Å². The number of halogens is 1. The van der Waals surface area contributed by atoms with Crippen LogP contribution in [0, 0.1) is 0 Å². The summed E-state index contributed by atoms with van der Waals surface area (Å²) >= 11 is 7.55. The van der Waals surface area contributed by atoms with Crippen molar-refractivity contribution in [3.8, 4) is 11.3 Å². The molecule has 0 aliphatic carbocycles. The zero-order chi connectivity index (χ0) is 9.97. The second kappa shape index (κ2) is 4.07. The number of hydrogen-bond acceptors (Lipinski definition) is 3. The average molecular weight is 225 g/mol. The van der Waals surface area contributed by atoms with Gasteiger partial charge < -0.3 is 0 Å². The van der Waals surface area contributed by atoms with Crippen LogP contribution in [0.2, 0.25) is 5.15 Å². The highest BCUT2D eigenvalue weighted by Crippen LogP contribution is 2.22. The van der Waals surface area contributed by atoms with Crippen molar-refractivity contribution in [1.29, 1.82) is 0 Å². The van der Waals surface area contributed by atoms with Gasteiger partial charge in [0.1, 0.15) is 11.0 Å². The van der Waals surface area contributed by atoms with Crippen molar-refractivity contribution < 1.29 is 0 Å². The second-order valence-electron chi connectivity index (χ2n) is 2.86. The van der Waals surface area contributed by atoms with Crippen molar-refractivity contribution in [2.45, 2.75) is 13.3 Å². The lowest BCUT2D eigenvalue weighted by atomic mass is 10.2. The van der Waals surface area contributed by atoms with Gasteiger partial charge in [-0.2, -0.15) is 11.3 Å². The predicted molar refractivity (Wildman–Crippen MR) is 59.7 cm³/mol. The molecule has 0 unspecified atom stereocenters. The molecule has 2 aromatic heterocycles. The molecule has 4 heteroatoms. The van der Waals surface area contributed by atoms with Crippen molar-refractivity contribution in [2.75, 3.05) is 0 Å². The third-order valence-electron chi connectivity index (χ3n) is 1.87. The molecule has 0 amide bonds. The Kier molecular flexibility index (Phi) is 2.79. The van der Waals surface area contributed by atoms with Gasteiger partial charge >= 0.3 is 0 Å². The first-order chi connectivity index (χ1) is 6.79. The zero-order valence-corrected chi connectivity index (χ0v) is 9.27. The standard InChI is InChI=1S/C10H9ClN2S/c1-2-10-12-8(5-9(11)13-10)7-3-4-14-6-7/h3-6H,2H2,1H3. The molecule has 0 aliphatic rings. The Morgan fingerprint density at radius 1 is 1.43 bits per heavy atom. The van der Waals surface area contributed by atoms with E-state index in [-0.39, 0.29) is 0 Å². The van der Waals surface area contributed by atoms with E-state index < -0.39 is 0 Å². The third-order valence-corrected chi connectivity index (χ3v) is 2.75. The van der Waals surface area contributed by atoms with Crippen molar-refractivity contribution in [3.05, 3.63) is 33.9 Å². The lowest BCUT2D eigenvalue weighted by Gasteiger charge is -2.01. The van der Waals surface area contributed by atoms with Gasteiger partial charge in [-0.25, -0.2) is 9.97 Å². The summed E-state index contributed by atoms with van der Waals surface area (Å²) in [6.45, 7) is 2.02. The Morgan fingerprint density at radius 2 is 2.29 bits per heavy atom. The summed E-state index contributed by atoms with van der Waals surface area (Å²) in [5.41, 5.74) is 2.01. The van der Waals surface area contributed by atoms with Crippen molar-refractivity contribution in [1.82, 2.24) is 9.97 Å². The fraction of sp³-hybridized carbons (Fsp3) is 0.200. The fourth-order valence-electron chi connectivity index (χ4n) is 1.18. The van der Waals surface area contributed by atoms with E-state index >= 15 is 0 Å². The van der Waals surface area contributed by atoms with Crippen molar-refractivity contribution in [2.24, 2.45) is 0 Å². The highest BCUT2D eigenvalue weighted by molar-refractivity contribution is 7.08. The molecule has 0 saturated heterocycles. The van der Waals surface area contributed by atoms with E-state index in [9.17, 15) is 0 Å². The molecule has 0 radical (unpaired) electrons. The van der Waals surface area contributed by atoms with Crippen LogP contribution in [0.25, 0.3) is 11.3 Å². The maximum Gasteiger partial charge on any atom is 0.133 e. The molecule has 72 valence electrons. The van der Waals surface area contributed by atoms with E-state index in [0.29, 0.717) is 5.15 Å². The van der Waals surface area contributed by atoms with Gasteiger partial charge in [0.2, 0.25) is 0 Å². The first-order valence-corrected chi connectivity index (χ1v) is 5.67. The van der Waals surface area contributed by atoms with Gasteiger partial charge in [0.25, 0.3) is 0 Å². The zero-order valence-electron chi connectivity index (χ0n) is 7.70. The van der Waals surface area contributed by atoms with Crippen LogP contribution in [0.5, 0.6) is 0 Å². The highest BCUT2D eigenvalue weighted by atomic mass is 35.5. The van der Waals surface area contributed by atoms with Gasteiger partial charge in [-0.05, 0) is 11.4 Å². The van der Waals surface area contributed by atoms with Gasteiger partial charge in [-0.15, -0.1) is 0 Å². The summed E-state index contributed by atoms with van der Waals surface area (Å²) in [7, 11) is 0. The van der Waals surface area contributed by atoms with Crippen molar-refractivity contribution >= 4 is 22.9 Å². The Bertz CT molecular complexity index is 426. The molecule has 0 spiro atoms. The van der Waals surface area contributed by atoms with Gasteiger partial charge in [0, 0.05) is 23.4 Å². The van der Waals surface area contributed by atoms with E-state index in [1.54, 1.807) is 17.4 Å². The molecule has 0 N–H and O–H groups in total. The molecular formula is C10H9ClN2S. The van der Waals surface area contributed by atoms with E-state index in [4.69, 9.17) is 11.6 Å². The quantitative estimate of drug-likeness (QED) is 0.731. The third kappa shape index (κ3) is 1.94. The summed E-state index contributed by atoms with van der Waals surface area (Å²) in [6, 6.07) is 3.82. The maximum atomic E-state index is 5.90. The predicted octanol–water partition coefficient (Wildman–Crippen LogP) is 3.42. The first-order valence-electron chi connectivity index (χ1n) is 4.35. The SMILES string of the molecule is CCc1nc(Cl)cc(-c2ccsc2)n1. The molecule has 2 nitrogen and oxygen atoms in total. The van der Waals surface area contributed by atoms with Crippen molar-refractivity contribution in [3.63, 3.8) is 0 Å². The van der Waals surface area contributed by atoms with E-state index in [0.717, 1.165) is 23.5 Å². The van der Waals surface area contributed by atoms with Crippen LogP contribution in [-0.4, -0.2) is 9.97 Å². The molecule has 0 saturated carbocycles. The summed E-state index contributed by atoms with van der Waals surface area (Å²) < 4.78 is 0. The second-order valence-corrected chi connectivity index (χ2v) is 4.02. The summed E-state index contributed by atoms with van der Waals surface area (Å²) in [4.78, 5) is 8.53. The minimum Gasteiger partial charge on any atom is -0.233 e. The maximum absolute atomic E-state index is 5.90. The molecule has 0 aliphatic heterocycles. The number of hydrogen-bond donors (Lipinski definition) is 0. The summed E-state index contributed by atoms with van der Waals surface area (Å²) in [5, 5.41) is 4.59. The molecule has 2 aromatic rings. The van der Waals surface area contributed by atoms with Crippen LogP contribution < -0.4 is 0 Å². The Morgan fingerprint density at radius 3 is 2.93 bits per heavy atom. The van der Waals surface area contributed by atoms with Gasteiger partial charge in [0.05, 0.1) is 5.69 Å². The first kappa shape index (κ1) is 9.62. The highest BCUT2D eigenvalue weighted by Gasteiger charge is 2.04. The minimum atomic E-state index is 0.512. The van der Waals surface area contributed by atoms with E-state index in [1.807, 2.05) is 18.4 Å². The van der Waals surface area contributed by atoms with E-state index in [2.05, 4.69) is 15.3 Å². The molecule has 0 aromatic carbocycles. The molecule has 0 fully saturated rings. The molecule has 0 atom stereocenters. The monoisotopic (exact) mass is 224 g/mol. The summed E-state index contributed by atoms with van der Waals surface area (Å²) in [5.74, 6) is 0.790. The van der Waals surface area contributed by atoms with E-state index in [1.165, 1.54) is 0 Å². The molecule has 14 heavy (non-hydrogen) atoms.